The number of likely N-dealkylation sites (N-methyl/N-ethyl adjacent to an activating group) is 1. The van der Waals surface area contributed by atoms with Gasteiger partial charge in [-0.05, 0) is 25.1 Å². The summed E-state index contributed by atoms with van der Waals surface area (Å²) < 4.78 is 18.6. The summed E-state index contributed by atoms with van der Waals surface area (Å²) in [7, 11) is -1.78. The molecule has 0 unspecified atom stereocenters. The van der Waals surface area contributed by atoms with Crippen LogP contribution in [-0.4, -0.2) is 48.4 Å². The first-order valence-corrected chi connectivity index (χ1v) is 6.53. The van der Waals surface area contributed by atoms with Gasteiger partial charge in [0.2, 0.25) is 0 Å². The fraction of sp³-hybridized carbons (Fsp3) is 0.538. The van der Waals surface area contributed by atoms with E-state index in [4.69, 9.17) is 14.8 Å². The molecule has 0 amide bonds. The molecule has 1 rings (SSSR count). The molecular formula is C13H21BFNO3. The Morgan fingerprint density at radius 2 is 2.05 bits per heavy atom. The van der Waals surface area contributed by atoms with E-state index >= 15 is 0 Å². The molecule has 4 nitrogen and oxygen atoms in total. The van der Waals surface area contributed by atoms with Crippen LogP contribution in [0.4, 0.5) is 4.39 Å². The van der Waals surface area contributed by atoms with Crippen molar-refractivity contribution in [1.82, 2.24) is 4.90 Å². The quantitative estimate of drug-likeness (QED) is 0.528. The first kappa shape index (κ1) is 16.1. The van der Waals surface area contributed by atoms with Crippen LogP contribution >= 0.6 is 0 Å². The summed E-state index contributed by atoms with van der Waals surface area (Å²) in [6, 6.07) is 4.41. The summed E-state index contributed by atoms with van der Waals surface area (Å²) in [5.41, 5.74) is 0.765. The Bertz CT molecular complexity index is 390. The van der Waals surface area contributed by atoms with E-state index in [1.165, 1.54) is 12.1 Å². The van der Waals surface area contributed by atoms with Gasteiger partial charge in [0, 0.05) is 25.2 Å². The average molecular weight is 269 g/mol. The number of rotatable bonds is 8. The Balaban J connectivity index is 2.66. The van der Waals surface area contributed by atoms with Crippen LogP contribution in [0.15, 0.2) is 18.2 Å². The predicted molar refractivity (Wildman–Crippen MR) is 73.7 cm³/mol. The van der Waals surface area contributed by atoms with Crippen molar-refractivity contribution in [2.75, 3.05) is 26.3 Å². The highest BCUT2D eigenvalue weighted by Crippen LogP contribution is 2.06. The lowest BCUT2D eigenvalue weighted by molar-refractivity contribution is 0.113. The lowest BCUT2D eigenvalue weighted by atomic mass is 9.79. The molecule has 1 aromatic rings. The lowest BCUT2D eigenvalue weighted by Gasteiger charge is -2.20. The predicted octanol–water partition coefficient (Wildman–Crippen LogP) is 0.364. The van der Waals surface area contributed by atoms with Gasteiger partial charge in [-0.25, -0.2) is 4.39 Å². The molecule has 0 spiro atoms. The number of hydrogen-bond donors (Lipinski definition) is 2. The maximum absolute atomic E-state index is 13.3. The summed E-state index contributed by atoms with van der Waals surface area (Å²) in [6.07, 6.45) is 0. The second-order valence-electron chi connectivity index (χ2n) is 4.30. The number of halogens is 1. The normalized spacial score (nSPS) is 11.1. The summed E-state index contributed by atoms with van der Waals surface area (Å²) in [5.74, 6) is -0.601. The van der Waals surface area contributed by atoms with E-state index in [1.54, 1.807) is 6.07 Å². The molecule has 0 saturated carbocycles. The summed E-state index contributed by atoms with van der Waals surface area (Å²) >= 11 is 0. The molecule has 0 saturated heterocycles. The van der Waals surface area contributed by atoms with Crippen molar-refractivity contribution in [3.05, 3.63) is 29.6 Å². The van der Waals surface area contributed by atoms with Crippen molar-refractivity contribution in [3.8, 4) is 0 Å². The van der Waals surface area contributed by atoms with Gasteiger partial charge in [0.25, 0.3) is 0 Å². The maximum Gasteiger partial charge on any atom is 0.491 e. The molecule has 6 heteroatoms. The molecule has 0 aliphatic heterocycles. The minimum atomic E-state index is -1.78. The number of benzene rings is 1. The SMILES string of the molecule is CCOCCN(CC)Cc1ccc(F)c(B(O)O)c1. The molecule has 0 heterocycles. The Morgan fingerprint density at radius 3 is 2.63 bits per heavy atom. The molecule has 1 aromatic carbocycles. The third kappa shape index (κ3) is 5.28. The topological polar surface area (TPSA) is 52.9 Å². The Labute approximate surface area is 114 Å². The van der Waals surface area contributed by atoms with Gasteiger partial charge in [-0.2, -0.15) is 0 Å². The highest BCUT2D eigenvalue weighted by Gasteiger charge is 2.17. The van der Waals surface area contributed by atoms with Gasteiger partial charge in [0.15, 0.2) is 0 Å². The first-order chi connectivity index (χ1) is 9.08. The third-order valence-corrected chi connectivity index (χ3v) is 2.95. The lowest BCUT2D eigenvalue weighted by Crippen LogP contribution is -2.34. The third-order valence-electron chi connectivity index (χ3n) is 2.95. The second kappa shape index (κ2) is 8.27. The van der Waals surface area contributed by atoms with Crippen LogP contribution < -0.4 is 5.46 Å². The van der Waals surface area contributed by atoms with Gasteiger partial charge < -0.3 is 14.8 Å². The second-order valence-corrected chi connectivity index (χ2v) is 4.30. The highest BCUT2D eigenvalue weighted by atomic mass is 19.1. The minimum Gasteiger partial charge on any atom is -0.423 e. The van der Waals surface area contributed by atoms with Crippen molar-refractivity contribution in [3.63, 3.8) is 0 Å². The summed E-state index contributed by atoms with van der Waals surface area (Å²) in [4.78, 5) is 2.15. The van der Waals surface area contributed by atoms with Gasteiger partial charge >= 0.3 is 7.12 Å². The van der Waals surface area contributed by atoms with Crippen molar-refractivity contribution in [2.24, 2.45) is 0 Å². The molecule has 0 aromatic heterocycles. The van der Waals surface area contributed by atoms with E-state index in [9.17, 15) is 4.39 Å². The van der Waals surface area contributed by atoms with E-state index in [0.717, 1.165) is 18.7 Å². The van der Waals surface area contributed by atoms with E-state index in [1.807, 2.05) is 13.8 Å². The van der Waals surface area contributed by atoms with Crippen molar-refractivity contribution in [2.45, 2.75) is 20.4 Å². The number of ether oxygens (including phenoxy) is 1. The van der Waals surface area contributed by atoms with E-state index in [-0.39, 0.29) is 5.46 Å². The molecule has 0 aliphatic carbocycles. The van der Waals surface area contributed by atoms with Crippen molar-refractivity contribution >= 4 is 12.6 Å². The van der Waals surface area contributed by atoms with E-state index < -0.39 is 12.9 Å². The summed E-state index contributed by atoms with van der Waals surface area (Å²) in [6.45, 7) is 7.60. The number of nitrogens with zero attached hydrogens (tertiary/aromatic N) is 1. The van der Waals surface area contributed by atoms with Crippen LogP contribution in [-0.2, 0) is 11.3 Å². The fourth-order valence-corrected chi connectivity index (χ4v) is 1.83. The van der Waals surface area contributed by atoms with Crippen LogP contribution in [0.5, 0.6) is 0 Å². The van der Waals surface area contributed by atoms with Crippen molar-refractivity contribution < 1.29 is 19.2 Å². The van der Waals surface area contributed by atoms with Gasteiger partial charge in [-0.15, -0.1) is 0 Å². The Kier molecular flexibility index (Phi) is 7.01. The van der Waals surface area contributed by atoms with Crippen LogP contribution in [0.2, 0.25) is 0 Å². The molecule has 0 atom stereocenters. The Hall–Kier alpha value is -0.945. The monoisotopic (exact) mass is 269 g/mol. The fourth-order valence-electron chi connectivity index (χ4n) is 1.83. The van der Waals surface area contributed by atoms with E-state index in [2.05, 4.69) is 4.90 Å². The molecule has 0 bridgehead atoms. The zero-order chi connectivity index (χ0) is 14.3. The zero-order valence-corrected chi connectivity index (χ0v) is 11.5. The van der Waals surface area contributed by atoms with Gasteiger partial charge in [-0.1, -0.05) is 19.1 Å². The Morgan fingerprint density at radius 1 is 1.32 bits per heavy atom. The maximum atomic E-state index is 13.3. The molecule has 0 fully saturated rings. The van der Waals surface area contributed by atoms with Gasteiger partial charge in [0.05, 0.1) is 6.61 Å². The number of hydrogen-bond acceptors (Lipinski definition) is 4. The molecule has 0 radical (unpaired) electrons. The highest BCUT2D eigenvalue weighted by molar-refractivity contribution is 6.58. The standard InChI is InChI=1S/C13H21BFNO3/c1-3-16(7-8-19-4-2)10-11-5-6-13(15)12(9-11)14(17)18/h5-6,9,17-18H,3-4,7-8,10H2,1-2H3. The molecule has 19 heavy (non-hydrogen) atoms. The van der Waals surface area contributed by atoms with Gasteiger partial charge in [0.1, 0.15) is 5.82 Å². The molecule has 106 valence electrons. The van der Waals surface area contributed by atoms with Gasteiger partial charge in [-0.3, -0.25) is 4.90 Å². The van der Waals surface area contributed by atoms with Crippen LogP contribution in [0.1, 0.15) is 19.4 Å². The van der Waals surface area contributed by atoms with Crippen LogP contribution in [0, 0.1) is 5.82 Å². The minimum absolute atomic E-state index is 0.0849. The van der Waals surface area contributed by atoms with Crippen LogP contribution in [0.25, 0.3) is 0 Å². The average Bonchev–Trinajstić information content (AvgIpc) is 2.39. The molecule has 2 N–H and O–H groups in total. The summed E-state index contributed by atoms with van der Waals surface area (Å²) in [5, 5.41) is 18.2. The smallest absolute Gasteiger partial charge is 0.423 e. The largest absolute Gasteiger partial charge is 0.491 e. The van der Waals surface area contributed by atoms with Crippen LogP contribution in [0.3, 0.4) is 0 Å². The van der Waals surface area contributed by atoms with E-state index in [0.29, 0.717) is 19.8 Å². The zero-order valence-electron chi connectivity index (χ0n) is 11.5. The molecule has 0 aliphatic rings. The van der Waals surface area contributed by atoms with Crippen molar-refractivity contribution in [1.29, 1.82) is 0 Å². The first-order valence-electron chi connectivity index (χ1n) is 6.53. The molecular weight excluding hydrogens is 248 g/mol.